The van der Waals surface area contributed by atoms with E-state index < -0.39 is 11.9 Å². The summed E-state index contributed by atoms with van der Waals surface area (Å²) >= 11 is 1.03. The van der Waals surface area contributed by atoms with Gasteiger partial charge in [-0.2, -0.15) is 0 Å². The Hall–Kier alpha value is -1.96. The number of thiazole rings is 1. The highest BCUT2D eigenvalue weighted by molar-refractivity contribution is 7.17. The smallest absolute Gasteiger partial charge is 0.350 e. The van der Waals surface area contributed by atoms with E-state index >= 15 is 0 Å². The number of hydrogen-bond acceptors (Lipinski definition) is 7. The summed E-state index contributed by atoms with van der Waals surface area (Å²) in [5.74, 6) is -1.32. The minimum Gasteiger partial charge on any atom is -0.469 e. The van der Waals surface area contributed by atoms with Gasteiger partial charge in [-0.3, -0.25) is 9.59 Å². The molecule has 0 saturated heterocycles. The van der Waals surface area contributed by atoms with Gasteiger partial charge in [0.15, 0.2) is 5.13 Å². The number of amides is 1. The summed E-state index contributed by atoms with van der Waals surface area (Å²) in [6, 6.07) is 0. The molecule has 0 atom stereocenters. The Balaban J connectivity index is 2.60. The van der Waals surface area contributed by atoms with Gasteiger partial charge in [-0.1, -0.05) is 11.3 Å². The lowest BCUT2D eigenvalue weighted by Crippen LogP contribution is -2.13. The third-order valence-electron chi connectivity index (χ3n) is 2.20. The van der Waals surface area contributed by atoms with E-state index in [1.807, 2.05) is 0 Å². The molecule has 0 aliphatic rings. The number of anilines is 1. The van der Waals surface area contributed by atoms with Crippen molar-refractivity contribution in [1.82, 2.24) is 4.98 Å². The molecular formula is C11H14N2O5S. The lowest BCUT2D eigenvalue weighted by Gasteiger charge is -2.00. The molecule has 0 saturated carbocycles. The fraction of sp³-hybridized carbons (Fsp3) is 0.455. The zero-order chi connectivity index (χ0) is 14.4. The maximum atomic E-state index is 11.5. The Labute approximate surface area is 113 Å². The van der Waals surface area contributed by atoms with Gasteiger partial charge in [0, 0.05) is 6.42 Å². The average Bonchev–Trinajstić information content (AvgIpc) is 2.75. The first-order valence-electron chi connectivity index (χ1n) is 5.40. The van der Waals surface area contributed by atoms with Crippen LogP contribution in [0.1, 0.15) is 28.2 Å². The quantitative estimate of drug-likeness (QED) is 0.815. The number of carbonyl (C=O) groups is 3. The van der Waals surface area contributed by atoms with Crippen LogP contribution in [0.2, 0.25) is 0 Å². The predicted octanol–water partition coefficient (Wildman–Crippen LogP) is 1.13. The maximum absolute atomic E-state index is 11.5. The average molecular weight is 286 g/mol. The molecule has 1 N–H and O–H groups in total. The highest BCUT2D eigenvalue weighted by Crippen LogP contribution is 2.23. The van der Waals surface area contributed by atoms with E-state index in [0.29, 0.717) is 15.7 Å². The molecule has 0 fully saturated rings. The number of rotatable bonds is 5. The van der Waals surface area contributed by atoms with Crippen LogP contribution in [-0.4, -0.2) is 37.0 Å². The second-order valence-corrected chi connectivity index (χ2v) is 4.55. The Morgan fingerprint density at radius 1 is 1.21 bits per heavy atom. The van der Waals surface area contributed by atoms with Crippen molar-refractivity contribution < 1.29 is 23.9 Å². The highest BCUT2D eigenvalue weighted by atomic mass is 32.1. The van der Waals surface area contributed by atoms with E-state index in [2.05, 4.69) is 19.8 Å². The summed E-state index contributed by atoms with van der Waals surface area (Å²) in [6.45, 7) is 1.65. The van der Waals surface area contributed by atoms with Crippen LogP contribution in [0.4, 0.5) is 5.13 Å². The summed E-state index contributed by atoms with van der Waals surface area (Å²) < 4.78 is 9.01. The molecule has 1 amide bonds. The van der Waals surface area contributed by atoms with Gasteiger partial charge in [0.1, 0.15) is 4.88 Å². The Morgan fingerprint density at radius 2 is 1.89 bits per heavy atom. The summed E-state index contributed by atoms with van der Waals surface area (Å²) in [4.78, 5) is 38.1. The number of hydrogen-bond donors (Lipinski definition) is 1. The zero-order valence-corrected chi connectivity index (χ0v) is 11.6. The molecule has 0 aliphatic carbocycles. The third kappa shape index (κ3) is 4.32. The summed E-state index contributed by atoms with van der Waals surface area (Å²) in [7, 11) is 2.53. The van der Waals surface area contributed by atoms with Gasteiger partial charge in [-0.25, -0.2) is 9.78 Å². The zero-order valence-electron chi connectivity index (χ0n) is 10.8. The fourth-order valence-electron chi connectivity index (χ4n) is 1.23. The van der Waals surface area contributed by atoms with E-state index in [-0.39, 0.29) is 18.7 Å². The van der Waals surface area contributed by atoms with Gasteiger partial charge in [0.25, 0.3) is 0 Å². The van der Waals surface area contributed by atoms with Crippen LogP contribution >= 0.6 is 11.3 Å². The molecule has 1 heterocycles. The SMILES string of the molecule is COC(=O)CCC(=O)Nc1nc(C)c(C(=O)OC)s1. The second-order valence-electron chi connectivity index (χ2n) is 3.55. The number of nitrogens with one attached hydrogen (secondary N) is 1. The van der Waals surface area contributed by atoms with Crippen molar-refractivity contribution in [2.75, 3.05) is 19.5 Å². The molecule has 1 rings (SSSR count). The summed E-state index contributed by atoms with van der Waals surface area (Å²) in [6.07, 6.45) is -0.00456. The van der Waals surface area contributed by atoms with Crippen molar-refractivity contribution in [3.05, 3.63) is 10.6 Å². The van der Waals surface area contributed by atoms with Crippen LogP contribution in [0, 0.1) is 6.92 Å². The molecule has 1 aromatic rings. The summed E-state index contributed by atoms with van der Waals surface area (Å²) in [5.41, 5.74) is 0.486. The minimum absolute atomic E-state index is 0.00113. The van der Waals surface area contributed by atoms with E-state index in [1.54, 1.807) is 6.92 Å². The molecule has 104 valence electrons. The fourth-order valence-corrected chi connectivity index (χ4v) is 2.13. The standard InChI is InChI=1S/C11H14N2O5S/c1-6-9(10(16)18-3)19-11(12-6)13-7(14)4-5-8(15)17-2/h4-5H2,1-3H3,(H,12,13,14). The lowest BCUT2D eigenvalue weighted by atomic mass is 10.3. The Bertz CT molecular complexity index is 497. The van der Waals surface area contributed by atoms with Crippen molar-refractivity contribution in [3.8, 4) is 0 Å². The van der Waals surface area contributed by atoms with E-state index in [1.165, 1.54) is 14.2 Å². The largest absolute Gasteiger partial charge is 0.469 e. The first-order valence-corrected chi connectivity index (χ1v) is 6.22. The van der Waals surface area contributed by atoms with E-state index in [4.69, 9.17) is 0 Å². The number of carbonyl (C=O) groups excluding carboxylic acids is 3. The van der Waals surface area contributed by atoms with Crippen molar-refractivity contribution in [2.45, 2.75) is 19.8 Å². The summed E-state index contributed by atoms with van der Waals surface area (Å²) in [5, 5.41) is 2.81. The minimum atomic E-state index is -0.495. The van der Waals surface area contributed by atoms with Crippen LogP contribution in [0.3, 0.4) is 0 Å². The first kappa shape index (κ1) is 15.1. The van der Waals surface area contributed by atoms with Crippen molar-refractivity contribution in [3.63, 3.8) is 0 Å². The van der Waals surface area contributed by atoms with Gasteiger partial charge in [0.05, 0.1) is 26.3 Å². The van der Waals surface area contributed by atoms with Crippen LogP contribution in [-0.2, 0) is 19.1 Å². The van der Waals surface area contributed by atoms with Crippen LogP contribution in [0.15, 0.2) is 0 Å². The van der Waals surface area contributed by atoms with Gasteiger partial charge in [-0.15, -0.1) is 0 Å². The van der Waals surface area contributed by atoms with Gasteiger partial charge >= 0.3 is 11.9 Å². The lowest BCUT2D eigenvalue weighted by molar-refractivity contribution is -0.141. The maximum Gasteiger partial charge on any atom is 0.350 e. The number of nitrogens with zero attached hydrogens (tertiary/aromatic N) is 1. The molecule has 0 radical (unpaired) electrons. The molecule has 7 nitrogen and oxygen atoms in total. The topological polar surface area (TPSA) is 94.6 Å². The van der Waals surface area contributed by atoms with Crippen molar-refractivity contribution in [1.29, 1.82) is 0 Å². The number of esters is 2. The third-order valence-corrected chi connectivity index (χ3v) is 3.25. The molecule has 0 aromatic carbocycles. The van der Waals surface area contributed by atoms with E-state index in [9.17, 15) is 14.4 Å². The normalized spacial score (nSPS) is 9.84. The number of aryl methyl sites for hydroxylation is 1. The van der Waals surface area contributed by atoms with Crippen LogP contribution < -0.4 is 5.32 Å². The van der Waals surface area contributed by atoms with Gasteiger partial charge < -0.3 is 14.8 Å². The molecule has 0 bridgehead atoms. The van der Waals surface area contributed by atoms with E-state index in [0.717, 1.165) is 11.3 Å². The highest BCUT2D eigenvalue weighted by Gasteiger charge is 2.17. The monoisotopic (exact) mass is 286 g/mol. The molecule has 0 unspecified atom stereocenters. The number of ether oxygens (including phenoxy) is 2. The Morgan fingerprint density at radius 3 is 2.47 bits per heavy atom. The van der Waals surface area contributed by atoms with Crippen molar-refractivity contribution in [2.24, 2.45) is 0 Å². The Kier molecular flexibility index (Phi) is 5.43. The van der Waals surface area contributed by atoms with Gasteiger partial charge in [-0.05, 0) is 6.92 Å². The predicted molar refractivity (Wildman–Crippen MR) is 68.1 cm³/mol. The molecule has 1 aromatic heterocycles. The molecular weight excluding hydrogens is 272 g/mol. The molecule has 0 aliphatic heterocycles. The van der Waals surface area contributed by atoms with Crippen LogP contribution in [0.25, 0.3) is 0 Å². The van der Waals surface area contributed by atoms with Gasteiger partial charge in [0.2, 0.25) is 5.91 Å². The first-order chi connectivity index (χ1) is 8.97. The molecule has 19 heavy (non-hydrogen) atoms. The van der Waals surface area contributed by atoms with Crippen molar-refractivity contribution >= 4 is 34.3 Å². The molecule has 8 heteroatoms. The second kappa shape index (κ2) is 6.83. The number of aromatic nitrogens is 1. The molecule has 0 spiro atoms. The van der Waals surface area contributed by atoms with Crippen LogP contribution in [0.5, 0.6) is 0 Å². The number of methoxy groups -OCH3 is 2.